The van der Waals surface area contributed by atoms with Crippen LogP contribution in [0.2, 0.25) is 0 Å². The lowest BCUT2D eigenvalue weighted by Gasteiger charge is -2.57. The van der Waals surface area contributed by atoms with Crippen LogP contribution in [0.5, 0.6) is 0 Å². The smallest absolute Gasteiger partial charge is 0.126 e. The van der Waals surface area contributed by atoms with E-state index in [0.29, 0.717) is 24.1 Å². The highest BCUT2D eigenvalue weighted by atomic mass is 16.5. The largest absolute Gasteiger partial charge is 0.385 e. The molecule has 3 nitrogen and oxygen atoms in total. The maximum absolute atomic E-state index is 10.5. The third-order valence-electron chi connectivity index (χ3n) is 8.26. The Morgan fingerprint density at radius 1 is 1.00 bits per heavy atom. The van der Waals surface area contributed by atoms with Crippen LogP contribution >= 0.6 is 0 Å². The molecule has 3 heteroatoms. The number of hydrogen-bond acceptors (Lipinski definition) is 2. The van der Waals surface area contributed by atoms with Crippen LogP contribution in [0, 0.1) is 23.2 Å². The molecule has 4 bridgehead atoms. The summed E-state index contributed by atoms with van der Waals surface area (Å²) in [5, 5.41) is 10.5. The maximum Gasteiger partial charge on any atom is 0.126 e. The number of likely N-dealkylation sites (tertiary alicyclic amines) is 1. The van der Waals surface area contributed by atoms with Gasteiger partial charge in [-0.25, -0.2) is 0 Å². The van der Waals surface area contributed by atoms with Crippen molar-refractivity contribution in [1.82, 2.24) is 0 Å². The molecule has 5 rings (SSSR count). The summed E-state index contributed by atoms with van der Waals surface area (Å²) in [6.45, 7) is 6.94. The Bertz CT molecular complexity index is 406. The Balaban J connectivity index is 1.18. The topological polar surface area (TPSA) is 33.9 Å². The summed E-state index contributed by atoms with van der Waals surface area (Å²) in [7, 11) is 0. The predicted molar refractivity (Wildman–Crippen MR) is 101 cm³/mol. The van der Waals surface area contributed by atoms with E-state index in [1.165, 1.54) is 64.2 Å². The predicted octanol–water partition coefficient (Wildman–Crippen LogP) is 2.82. The van der Waals surface area contributed by atoms with Crippen LogP contribution in [0.3, 0.4) is 0 Å². The van der Waals surface area contributed by atoms with Crippen molar-refractivity contribution in [2.75, 3.05) is 19.8 Å². The number of nitrogens with one attached hydrogen (secondary N) is 1. The highest BCUT2D eigenvalue weighted by Gasteiger charge is 2.50. The third-order valence-corrected chi connectivity index (χ3v) is 8.26. The van der Waals surface area contributed by atoms with E-state index in [9.17, 15) is 5.11 Å². The van der Waals surface area contributed by atoms with E-state index in [4.69, 9.17) is 4.74 Å². The molecule has 0 unspecified atom stereocenters. The SMILES string of the molecule is C[C@H]1CCC[C@H](C)[NH+]1C[C@H](O)COCCC12CC3CC(CC(C3)C1)C2. The zero-order valence-electron chi connectivity index (χ0n) is 16.5. The minimum absolute atomic E-state index is 0.297. The highest BCUT2D eigenvalue weighted by molar-refractivity contribution is 5.01. The second-order valence-corrected chi connectivity index (χ2v) is 10.4. The lowest BCUT2D eigenvalue weighted by Crippen LogP contribution is -3.20. The van der Waals surface area contributed by atoms with E-state index in [-0.39, 0.29) is 6.10 Å². The molecule has 0 aromatic carbocycles. The Kier molecular flexibility index (Phi) is 5.46. The van der Waals surface area contributed by atoms with Crippen molar-refractivity contribution < 1.29 is 14.7 Å². The second-order valence-electron chi connectivity index (χ2n) is 10.4. The zero-order chi connectivity index (χ0) is 17.4. The Labute approximate surface area is 154 Å². The van der Waals surface area contributed by atoms with Crippen LogP contribution in [0.15, 0.2) is 0 Å². The molecule has 25 heavy (non-hydrogen) atoms. The van der Waals surface area contributed by atoms with E-state index < -0.39 is 0 Å². The molecule has 0 aromatic rings. The molecule has 144 valence electrons. The molecule has 3 atom stereocenters. The number of quaternary nitrogens is 1. The summed E-state index contributed by atoms with van der Waals surface area (Å²) in [5.74, 6) is 3.09. The molecule has 1 heterocycles. The average Bonchev–Trinajstić information content (AvgIpc) is 2.54. The van der Waals surface area contributed by atoms with Gasteiger partial charge in [-0.05, 0) is 101 Å². The summed E-state index contributed by atoms with van der Waals surface area (Å²) in [6.07, 6.45) is 13.9. The van der Waals surface area contributed by atoms with Gasteiger partial charge in [0.1, 0.15) is 12.6 Å². The Morgan fingerprint density at radius 2 is 1.56 bits per heavy atom. The number of aliphatic hydroxyl groups is 1. The van der Waals surface area contributed by atoms with E-state index >= 15 is 0 Å². The van der Waals surface area contributed by atoms with Crippen molar-refractivity contribution in [2.24, 2.45) is 23.2 Å². The van der Waals surface area contributed by atoms with Gasteiger partial charge in [-0.2, -0.15) is 0 Å². The van der Waals surface area contributed by atoms with E-state index in [0.717, 1.165) is 30.9 Å². The normalized spacial score (nSPS) is 45.0. The van der Waals surface area contributed by atoms with Crippen molar-refractivity contribution in [2.45, 2.75) is 96.2 Å². The van der Waals surface area contributed by atoms with Crippen LogP contribution in [0.1, 0.15) is 78.1 Å². The minimum atomic E-state index is -0.297. The first-order valence-corrected chi connectivity index (χ1v) is 11.1. The number of rotatable bonds is 7. The molecule has 5 fully saturated rings. The first kappa shape index (κ1) is 18.3. The summed E-state index contributed by atoms with van der Waals surface area (Å²) < 4.78 is 5.98. The van der Waals surface area contributed by atoms with Crippen LogP contribution < -0.4 is 4.90 Å². The van der Waals surface area contributed by atoms with E-state index in [1.807, 2.05) is 0 Å². The number of aliphatic hydroxyl groups excluding tert-OH is 1. The van der Waals surface area contributed by atoms with Crippen LogP contribution in [-0.2, 0) is 4.74 Å². The molecule has 1 saturated heterocycles. The Morgan fingerprint density at radius 3 is 2.12 bits per heavy atom. The van der Waals surface area contributed by atoms with Gasteiger partial charge in [0.05, 0.1) is 18.7 Å². The van der Waals surface area contributed by atoms with Gasteiger partial charge in [0.2, 0.25) is 0 Å². The van der Waals surface area contributed by atoms with Crippen molar-refractivity contribution in [3.05, 3.63) is 0 Å². The summed E-state index contributed by atoms with van der Waals surface area (Å²) in [6, 6.07) is 1.37. The molecule has 0 spiro atoms. The summed E-state index contributed by atoms with van der Waals surface area (Å²) in [5.41, 5.74) is 0.612. The van der Waals surface area contributed by atoms with Crippen LogP contribution in [0.4, 0.5) is 0 Å². The second kappa shape index (κ2) is 7.48. The van der Waals surface area contributed by atoms with Gasteiger partial charge in [0, 0.05) is 6.61 Å². The van der Waals surface area contributed by atoms with Gasteiger partial charge in [-0.3, -0.25) is 0 Å². The van der Waals surface area contributed by atoms with Gasteiger partial charge >= 0.3 is 0 Å². The number of ether oxygens (including phenoxy) is 1. The first-order valence-electron chi connectivity index (χ1n) is 11.1. The summed E-state index contributed by atoms with van der Waals surface area (Å²) >= 11 is 0. The van der Waals surface area contributed by atoms with Gasteiger partial charge in [0.15, 0.2) is 0 Å². The lowest BCUT2D eigenvalue weighted by atomic mass is 9.49. The first-order chi connectivity index (χ1) is 12.0. The molecule has 0 amide bonds. The molecule has 2 N–H and O–H groups in total. The van der Waals surface area contributed by atoms with Crippen molar-refractivity contribution in [3.63, 3.8) is 0 Å². The van der Waals surface area contributed by atoms with Gasteiger partial charge in [-0.15, -0.1) is 0 Å². The fourth-order valence-corrected chi connectivity index (χ4v) is 7.42. The third kappa shape index (κ3) is 4.09. The van der Waals surface area contributed by atoms with E-state index in [1.54, 1.807) is 4.90 Å². The molecule has 4 saturated carbocycles. The zero-order valence-corrected chi connectivity index (χ0v) is 16.5. The lowest BCUT2D eigenvalue weighted by molar-refractivity contribution is -0.954. The molecular formula is C22H40NO2+. The van der Waals surface area contributed by atoms with Crippen molar-refractivity contribution >= 4 is 0 Å². The minimum Gasteiger partial charge on any atom is -0.385 e. The molecule has 0 aromatic heterocycles. The fraction of sp³-hybridized carbons (Fsp3) is 1.00. The van der Waals surface area contributed by atoms with Crippen molar-refractivity contribution in [3.8, 4) is 0 Å². The monoisotopic (exact) mass is 350 g/mol. The standard InChI is InChI=1S/C22H39NO2/c1-16-4-3-5-17(2)23(16)14-21(24)15-25-7-6-22-11-18-8-19(12-22)10-20(9-18)13-22/h16-21,24H,3-15H2,1-2H3/p+1/t16-,17-,18?,19?,20?,21-,22?/m0/s1. The van der Waals surface area contributed by atoms with Gasteiger partial charge < -0.3 is 14.7 Å². The average molecular weight is 351 g/mol. The summed E-state index contributed by atoms with van der Waals surface area (Å²) in [4.78, 5) is 1.59. The van der Waals surface area contributed by atoms with Gasteiger partial charge in [0.25, 0.3) is 0 Å². The Hall–Kier alpha value is -0.120. The number of hydrogen-bond donors (Lipinski definition) is 2. The molecule has 0 radical (unpaired) electrons. The van der Waals surface area contributed by atoms with E-state index in [2.05, 4.69) is 13.8 Å². The van der Waals surface area contributed by atoms with Gasteiger partial charge in [-0.1, -0.05) is 0 Å². The quantitative estimate of drug-likeness (QED) is 0.692. The molecule has 1 aliphatic heterocycles. The fourth-order valence-electron chi connectivity index (χ4n) is 7.42. The molecular weight excluding hydrogens is 310 g/mol. The van der Waals surface area contributed by atoms with Crippen molar-refractivity contribution in [1.29, 1.82) is 0 Å². The van der Waals surface area contributed by atoms with Crippen LogP contribution in [-0.4, -0.2) is 43.1 Å². The highest BCUT2D eigenvalue weighted by Crippen LogP contribution is 2.61. The number of piperidine rings is 1. The maximum atomic E-state index is 10.5. The molecule has 5 aliphatic rings. The molecule has 4 aliphatic carbocycles. The van der Waals surface area contributed by atoms with Crippen LogP contribution in [0.25, 0.3) is 0 Å².